The molecule has 0 aromatic carbocycles. The minimum absolute atomic E-state index is 0.328. The van der Waals surface area contributed by atoms with Crippen LogP contribution in [0.2, 0.25) is 0 Å². The maximum atomic E-state index is 6.26. The van der Waals surface area contributed by atoms with Gasteiger partial charge in [0.25, 0.3) is 0 Å². The molecule has 0 radical (unpaired) electrons. The SMILES string of the molecule is Cc1ncsc1CN(C)CC1CCC(N)C(C)C1(C)C. The number of hydrogen-bond donors (Lipinski definition) is 1. The third kappa shape index (κ3) is 3.23. The molecule has 3 nitrogen and oxygen atoms in total. The predicted molar refractivity (Wildman–Crippen MR) is 86.8 cm³/mol. The monoisotopic (exact) mass is 295 g/mol. The first-order chi connectivity index (χ1) is 9.32. The quantitative estimate of drug-likeness (QED) is 0.927. The van der Waals surface area contributed by atoms with Crippen molar-refractivity contribution in [2.24, 2.45) is 23.0 Å². The highest BCUT2D eigenvalue weighted by Gasteiger charge is 2.41. The van der Waals surface area contributed by atoms with Crippen molar-refractivity contribution in [1.29, 1.82) is 0 Å². The number of hydrogen-bond acceptors (Lipinski definition) is 4. The molecule has 114 valence electrons. The fourth-order valence-electron chi connectivity index (χ4n) is 3.43. The summed E-state index contributed by atoms with van der Waals surface area (Å²) in [4.78, 5) is 8.19. The predicted octanol–water partition coefficient (Wildman–Crippen LogP) is 3.28. The molecule has 4 heteroatoms. The number of rotatable bonds is 4. The molecule has 20 heavy (non-hydrogen) atoms. The Kier molecular flexibility index (Phi) is 4.88. The summed E-state index contributed by atoms with van der Waals surface area (Å²) in [7, 11) is 2.23. The van der Waals surface area contributed by atoms with Crippen molar-refractivity contribution in [2.45, 2.75) is 53.1 Å². The second-order valence-corrected chi connectivity index (χ2v) is 8.05. The average molecular weight is 295 g/mol. The second kappa shape index (κ2) is 6.12. The van der Waals surface area contributed by atoms with Crippen molar-refractivity contribution in [1.82, 2.24) is 9.88 Å². The van der Waals surface area contributed by atoms with Crippen LogP contribution in [0.1, 0.15) is 44.2 Å². The Morgan fingerprint density at radius 2 is 2.15 bits per heavy atom. The highest BCUT2D eigenvalue weighted by atomic mass is 32.1. The third-order valence-electron chi connectivity index (χ3n) is 5.51. The van der Waals surface area contributed by atoms with Crippen molar-refractivity contribution < 1.29 is 0 Å². The third-order valence-corrected chi connectivity index (χ3v) is 6.43. The molecule has 3 atom stereocenters. The molecule has 1 fully saturated rings. The topological polar surface area (TPSA) is 42.2 Å². The molecule has 3 unspecified atom stereocenters. The normalized spacial score (nSPS) is 29.9. The summed E-state index contributed by atoms with van der Waals surface area (Å²) in [5.41, 5.74) is 9.71. The molecule has 1 aliphatic rings. The number of aryl methyl sites for hydroxylation is 1. The maximum Gasteiger partial charge on any atom is 0.0798 e. The first kappa shape index (κ1) is 15.9. The van der Waals surface area contributed by atoms with E-state index in [0.717, 1.165) is 19.0 Å². The summed E-state index contributed by atoms with van der Waals surface area (Å²) in [5, 5.41) is 0. The summed E-state index contributed by atoms with van der Waals surface area (Å²) in [6, 6.07) is 0.371. The van der Waals surface area contributed by atoms with Gasteiger partial charge in [-0.3, -0.25) is 0 Å². The molecule has 0 amide bonds. The number of nitrogens with zero attached hydrogens (tertiary/aromatic N) is 2. The van der Waals surface area contributed by atoms with E-state index in [-0.39, 0.29) is 0 Å². The zero-order valence-electron chi connectivity index (χ0n) is 13.5. The van der Waals surface area contributed by atoms with Crippen LogP contribution in [0.4, 0.5) is 0 Å². The summed E-state index contributed by atoms with van der Waals surface area (Å²) in [5.74, 6) is 1.33. The molecular weight excluding hydrogens is 266 g/mol. The van der Waals surface area contributed by atoms with Gasteiger partial charge in [-0.05, 0) is 44.1 Å². The molecule has 1 saturated carbocycles. The Hall–Kier alpha value is -0.450. The Morgan fingerprint density at radius 1 is 1.45 bits per heavy atom. The molecule has 2 N–H and O–H groups in total. The highest BCUT2D eigenvalue weighted by molar-refractivity contribution is 7.09. The fourth-order valence-corrected chi connectivity index (χ4v) is 4.29. The van der Waals surface area contributed by atoms with Crippen molar-refractivity contribution in [3.05, 3.63) is 16.1 Å². The van der Waals surface area contributed by atoms with Gasteiger partial charge >= 0.3 is 0 Å². The van der Waals surface area contributed by atoms with E-state index in [4.69, 9.17) is 5.73 Å². The van der Waals surface area contributed by atoms with Crippen LogP contribution in [-0.4, -0.2) is 29.5 Å². The number of thiazole rings is 1. The van der Waals surface area contributed by atoms with Crippen LogP contribution in [-0.2, 0) is 6.54 Å². The van der Waals surface area contributed by atoms with E-state index in [2.05, 4.69) is 44.6 Å². The average Bonchev–Trinajstić information content (AvgIpc) is 2.76. The Labute approximate surface area is 127 Å². The van der Waals surface area contributed by atoms with Crippen LogP contribution in [0.25, 0.3) is 0 Å². The maximum absolute atomic E-state index is 6.26. The van der Waals surface area contributed by atoms with E-state index in [9.17, 15) is 0 Å². The molecule has 1 aromatic heterocycles. The van der Waals surface area contributed by atoms with E-state index < -0.39 is 0 Å². The lowest BCUT2D eigenvalue weighted by Gasteiger charge is -2.48. The molecule has 0 bridgehead atoms. The molecule has 0 spiro atoms. The molecule has 1 aliphatic carbocycles. The molecule has 1 heterocycles. The lowest BCUT2D eigenvalue weighted by molar-refractivity contribution is 0.0325. The molecule has 0 saturated heterocycles. The van der Waals surface area contributed by atoms with Gasteiger partial charge in [0.15, 0.2) is 0 Å². The molecule has 0 aliphatic heterocycles. The van der Waals surface area contributed by atoms with E-state index in [0.29, 0.717) is 17.4 Å². The van der Waals surface area contributed by atoms with Crippen LogP contribution in [0, 0.1) is 24.2 Å². The minimum atomic E-state index is 0.328. The van der Waals surface area contributed by atoms with Gasteiger partial charge in [-0.25, -0.2) is 4.98 Å². The van der Waals surface area contributed by atoms with Crippen LogP contribution < -0.4 is 5.73 Å². The Morgan fingerprint density at radius 3 is 2.75 bits per heavy atom. The lowest BCUT2D eigenvalue weighted by Crippen LogP contribution is -2.49. The van der Waals surface area contributed by atoms with Crippen molar-refractivity contribution in [2.75, 3.05) is 13.6 Å². The first-order valence-electron chi connectivity index (χ1n) is 7.65. The molecule has 2 rings (SSSR count). The summed E-state index contributed by atoms with van der Waals surface area (Å²) >= 11 is 1.77. The van der Waals surface area contributed by atoms with Gasteiger partial charge in [0.05, 0.1) is 11.2 Å². The highest BCUT2D eigenvalue weighted by Crippen LogP contribution is 2.44. The van der Waals surface area contributed by atoms with Crippen molar-refractivity contribution in [3.8, 4) is 0 Å². The van der Waals surface area contributed by atoms with Gasteiger partial charge < -0.3 is 10.6 Å². The van der Waals surface area contributed by atoms with Gasteiger partial charge in [0.1, 0.15) is 0 Å². The van der Waals surface area contributed by atoms with E-state index in [1.165, 1.54) is 23.4 Å². The summed E-state index contributed by atoms with van der Waals surface area (Å²) in [6.45, 7) is 11.4. The molecule has 1 aromatic rings. The van der Waals surface area contributed by atoms with Gasteiger partial charge in [0.2, 0.25) is 0 Å². The van der Waals surface area contributed by atoms with Crippen LogP contribution in [0.3, 0.4) is 0 Å². The van der Waals surface area contributed by atoms with Crippen molar-refractivity contribution >= 4 is 11.3 Å². The zero-order valence-corrected chi connectivity index (χ0v) is 14.3. The van der Waals surface area contributed by atoms with Gasteiger partial charge in [-0.1, -0.05) is 20.8 Å². The van der Waals surface area contributed by atoms with E-state index >= 15 is 0 Å². The lowest BCUT2D eigenvalue weighted by atomic mass is 9.61. The van der Waals surface area contributed by atoms with Gasteiger partial charge in [-0.2, -0.15) is 0 Å². The van der Waals surface area contributed by atoms with E-state index in [1.54, 1.807) is 11.3 Å². The van der Waals surface area contributed by atoms with Gasteiger partial charge in [-0.15, -0.1) is 11.3 Å². The number of aromatic nitrogens is 1. The van der Waals surface area contributed by atoms with Crippen LogP contribution in [0.15, 0.2) is 5.51 Å². The summed E-state index contributed by atoms with van der Waals surface area (Å²) in [6.07, 6.45) is 2.42. The number of nitrogens with two attached hydrogens (primary N) is 1. The second-order valence-electron chi connectivity index (χ2n) is 7.11. The Balaban J connectivity index is 1.97. The van der Waals surface area contributed by atoms with Crippen LogP contribution in [0.5, 0.6) is 0 Å². The molecular formula is C16H29N3S. The smallest absolute Gasteiger partial charge is 0.0798 e. The van der Waals surface area contributed by atoms with Crippen LogP contribution >= 0.6 is 11.3 Å². The first-order valence-corrected chi connectivity index (χ1v) is 8.53. The van der Waals surface area contributed by atoms with E-state index in [1.807, 2.05) is 5.51 Å². The minimum Gasteiger partial charge on any atom is -0.327 e. The fraction of sp³-hybridized carbons (Fsp3) is 0.812. The standard InChI is InChI=1S/C16H29N3S/c1-11-14(17)7-6-13(16(11,3)4)8-19(5)9-15-12(2)18-10-20-15/h10-11,13-14H,6-9,17H2,1-5H3. The zero-order chi connectivity index (χ0) is 14.9. The van der Waals surface area contributed by atoms with Crippen molar-refractivity contribution in [3.63, 3.8) is 0 Å². The Bertz CT molecular complexity index is 441. The summed E-state index contributed by atoms with van der Waals surface area (Å²) < 4.78 is 0. The largest absolute Gasteiger partial charge is 0.327 e. The van der Waals surface area contributed by atoms with Gasteiger partial charge in [0, 0.05) is 24.0 Å².